The van der Waals surface area contributed by atoms with Gasteiger partial charge in [-0.15, -0.1) is 0 Å². The van der Waals surface area contributed by atoms with Crippen molar-refractivity contribution in [2.24, 2.45) is 4.99 Å². The first kappa shape index (κ1) is 42.7. The second-order valence-corrected chi connectivity index (χ2v) is 18.2. The minimum atomic E-state index is -4.07. The standard InChI is InChI=1S/C52H54N6O3S/c1-4-35-58(2,3)38-44-31-18-20-33-46(44)52(55-47(39-22-9-5-10-23-39)48(56-52)40-24-11-6-12-25-40)57-50(42-28-15-8-16-29-42)49(41-26-13-7-14-27-41)54-51(57)45-32-19-17-30-43(45)37-53-34-21-36-62(59,60)61/h5-20,22-33,47,53,55H,4,21,34-38H2,1-3H3/p+1. The van der Waals surface area contributed by atoms with Crippen molar-refractivity contribution in [2.75, 3.05) is 32.9 Å². The summed E-state index contributed by atoms with van der Waals surface area (Å²) in [5.41, 5.74) is 10.8. The molecule has 1 aromatic heterocycles. The maximum Gasteiger partial charge on any atom is 0.264 e. The molecule has 2 atom stereocenters. The van der Waals surface area contributed by atoms with E-state index in [1.165, 1.54) is 5.56 Å². The second-order valence-electron chi connectivity index (χ2n) is 16.7. The molecule has 0 saturated carbocycles. The van der Waals surface area contributed by atoms with Crippen LogP contribution in [0.25, 0.3) is 33.9 Å². The van der Waals surface area contributed by atoms with Gasteiger partial charge in [0.1, 0.15) is 12.4 Å². The summed E-state index contributed by atoms with van der Waals surface area (Å²) in [6.07, 6.45) is 1.33. The molecule has 316 valence electrons. The van der Waals surface area contributed by atoms with Gasteiger partial charge in [0, 0.05) is 34.4 Å². The van der Waals surface area contributed by atoms with Crippen molar-refractivity contribution in [3.05, 3.63) is 198 Å². The SMILES string of the molecule is CCC[N+](C)(C)Cc1ccccc1C1(n2c(-c3ccccc3CNCCCS(=O)(=O)O)nc(-c3ccccc3)c2-c2ccccc2)N=C(c2ccccc2)C(c2ccccc2)N1. The molecule has 0 amide bonds. The van der Waals surface area contributed by atoms with Crippen molar-refractivity contribution in [3.8, 4) is 33.9 Å². The van der Waals surface area contributed by atoms with Crippen molar-refractivity contribution in [3.63, 3.8) is 0 Å². The largest absolute Gasteiger partial charge is 0.325 e. The van der Waals surface area contributed by atoms with Crippen LogP contribution in [0.15, 0.2) is 175 Å². The fourth-order valence-corrected chi connectivity index (χ4v) is 9.36. The van der Waals surface area contributed by atoms with Gasteiger partial charge in [-0.1, -0.05) is 177 Å². The lowest BCUT2D eigenvalue weighted by Crippen LogP contribution is -2.47. The Labute approximate surface area is 366 Å². The Bertz CT molecular complexity index is 2740. The first-order chi connectivity index (χ1) is 30.1. The molecule has 0 bridgehead atoms. The molecule has 2 heterocycles. The number of aliphatic imine (C=N–C) groups is 1. The average Bonchev–Trinajstić information content (AvgIpc) is 3.89. The minimum Gasteiger partial charge on any atom is -0.325 e. The molecular formula is C52H55N6O3S+. The van der Waals surface area contributed by atoms with E-state index < -0.39 is 15.9 Å². The van der Waals surface area contributed by atoms with E-state index in [-0.39, 0.29) is 18.2 Å². The van der Waals surface area contributed by atoms with Crippen molar-refractivity contribution in [2.45, 2.75) is 44.7 Å². The van der Waals surface area contributed by atoms with Gasteiger partial charge >= 0.3 is 0 Å². The number of benzene rings is 6. The Morgan fingerprint density at radius 2 is 1.29 bits per heavy atom. The fraction of sp³-hybridized carbons (Fsp3) is 0.231. The van der Waals surface area contributed by atoms with Crippen LogP contribution in [0, 0.1) is 0 Å². The first-order valence-corrected chi connectivity index (χ1v) is 23.0. The van der Waals surface area contributed by atoms with Gasteiger partial charge in [0.05, 0.1) is 49.5 Å². The zero-order valence-corrected chi connectivity index (χ0v) is 36.5. The molecule has 0 saturated heterocycles. The summed E-state index contributed by atoms with van der Waals surface area (Å²) in [6, 6.07) is 58.6. The molecule has 6 aromatic carbocycles. The smallest absolute Gasteiger partial charge is 0.264 e. The predicted octanol–water partition coefficient (Wildman–Crippen LogP) is 9.73. The summed E-state index contributed by atoms with van der Waals surface area (Å²) in [7, 11) is 0.529. The zero-order valence-electron chi connectivity index (χ0n) is 35.7. The summed E-state index contributed by atoms with van der Waals surface area (Å²) in [5.74, 6) is -0.809. The van der Waals surface area contributed by atoms with E-state index in [1.807, 2.05) is 30.3 Å². The molecule has 3 N–H and O–H groups in total. The lowest BCUT2D eigenvalue weighted by Gasteiger charge is -2.37. The summed E-state index contributed by atoms with van der Waals surface area (Å²) < 4.78 is 35.6. The summed E-state index contributed by atoms with van der Waals surface area (Å²) in [4.78, 5) is 11.8. The lowest BCUT2D eigenvalue weighted by molar-refractivity contribution is -0.903. The number of quaternary nitrogens is 1. The molecule has 1 aliphatic heterocycles. The Balaban J connectivity index is 1.48. The second kappa shape index (κ2) is 18.5. The number of imidazole rings is 1. The number of rotatable bonds is 17. The Morgan fingerprint density at radius 3 is 1.94 bits per heavy atom. The van der Waals surface area contributed by atoms with Crippen molar-refractivity contribution >= 4 is 15.8 Å². The number of hydrogen-bond donors (Lipinski definition) is 3. The van der Waals surface area contributed by atoms with Gasteiger partial charge in [0.15, 0.2) is 0 Å². The van der Waals surface area contributed by atoms with E-state index in [0.29, 0.717) is 13.1 Å². The van der Waals surface area contributed by atoms with Gasteiger partial charge in [-0.3, -0.25) is 14.4 Å². The van der Waals surface area contributed by atoms with Crippen LogP contribution in [0.1, 0.15) is 53.6 Å². The maximum absolute atomic E-state index is 11.5. The Kier molecular flexibility index (Phi) is 12.8. The molecule has 0 aliphatic carbocycles. The summed E-state index contributed by atoms with van der Waals surface area (Å²) >= 11 is 0. The molecule has 62 heavy (non-hydrogen) atoms. The van der Waals surface area contributed by atoms with Crippen LogP contribution in [-0.2, 0) is 29.0 Å². The molecule has 0 fully saturated rings. The molecular weight excluding hydrogens is 789 g/mol. The fourth-order valence-electron chi connectivity index (χ4n) is 8.86. The van der Waals surface area contributed by atoms with Crippen LogP contribution in [0.4, 0.5) is 0 Å². The Morgan fingerprint density at radius 1 is 0.726 bits per heavy atom. The van der Waals surface area contributed by atoms with Crippen molar-refractivity contribution < 1.29 is 17.5 Å². The third-order valence-corrected chi connectivity index (χ3v) is 12.4. The monoisotopic (exact) mass is 843 g/mol. The number of nitrogens with one attached hydrogen (secondary N) is 2. The topological polar surface area (TPSA) is 109 Å². The highest BCUT2D eigenvalue weighted by molar-refractivity contribution is 7.85. The van der Waals surface area contributed by atoms with Gasteiger partial charge in [-0.2, -0.15) is 8.42 Å². The molecule has 0 radical (unpaired) electrons. The quantitative estimate of drug-likeness (QED) is 0.0479. The van der Waals surface area contributed by atoms with E-state index >= 15 is 0 Å². The Hall–Kier alpha value is -6.01. The van der Waals surface area contributed by atoms with E-state index in [4.69, 9.17) is 9.98 Å². The van der Waals surface area contributed by atoms with E-state index in [0.717, 1.165) is 85.9 Å². The molecule has 2 unspecified atom stereocenters. The van der Waals surface area contributed by atoms with Gasteiger partial charge < -0.3 is 9.80 Å². The number of nitrogens with zero attached hydrogens (tertiary/aromatic N) is 4. The molecule has 0 spiro atoms. The highest BCUT2D eigenvalue weighted by Crippen LogP contribution is 2.47. The van der Waals surface area contributed by atoms with Crippen LogP contribution in [0.5, 0.6) is 0 Å². The third kappa shape index (κ3) is 9.25. The van der Waals surface area contributed by atoms with E-state index in [2.05, 4.69) is 176 Å². The van der Waals surface area contributed by atoms with Gasteiger partial charge in [-0.25, -0.2) is 9.98 Å². The van der Waals surface area contributed by atoms with Gasteiger partial charge in [0.25, 0.3) is 10.1 Å². The van der Waals surface area contributed by atoms with Gasteiger partial charge in [0.2, 0.25) is 5.79 Å². The predicted molar refractivity (Wildman–Crippen MR) is 251 cm³/mol. The van der Waals surface area contributed by atoms with Crippen molar-refractivity contribution in [1.82, 2.24) is 20.2 Å². The molecule has 8 rings (SSSR count). The third-order valence-electron chi connectivity index (χ3n) is 11.5. The number of hydrogen-bond acceptors (Lipinski definition) is 6. The van der Waals surface area contributed by atoms with E-state index in [9.17, 15) is 13.0 Å². The van der Waals surface area contributed by atoms with E-state index in [1.54, 1.807) is 0 Å². The van der Waals surface area contributed by atoms with Crippen LogP contribution >= 0.6 is 0 Å². The van der Waals surface area contributed by atoms with Crippen LogP contribution < -0.4 is 10.6 Å². The number of aromatic nitrogens is 2. The highest BCUT2D eigenvalue weighted by Gasteiger charge is 2.49. The average molecular weight is 844 g/mol. The summed E-state index contributed by atoms with van der Waals surface area (Å²) in [6.45, 7) is 4.87. The molecule has 9 nitrogen and oxygen atoms in total. The zero-order chi connectivity index (χ0) is 43.2. The van der Waals surface area contributed by atoms with Crippen LogP contribution in [0.2, 0.25) is 0 Å². The molecule has 10 heteroatoms. The van der Waals surface area contributed by atoms with Crippen LogP contribution in [-0.4, -0.2) is 65.7 Å². The normalized spacial score (nSPS) is 16.6. The van der Waals surface area contributed by atoms with Gasteiger partial charge in [-0.05, 0) is 36.1 Å². The molecule has 7 aromatic rings. The lowest BCUT2D eigenvalue weighted by atomic mass is 9.95. The maximum atomic E-state index is 11.5. The molecule has 1 aliphatic rings. The minimum absolute atomic E-state index is 0.278. The van der Waals surface area contributed by atoms with Crippen LogP contribution in [0.3, 0.4) is 0 Å². The van der Waals surface area contributed by atoms with Crippen molar-refractivity contribution in [1.29, 1.82) is 0 Å². The highest BCUT2D eigenvalue weighted by atomic mass is 32.2. The summed E-state index contributed by atoms with van der Waals surface area (Å²) in [5, 5.41) is 7.70. The first-order valence-electron chi connectivity index (χ1n) is 21.4.